The molecule has 5 heteroatoms. The molecule has 1 aliphatic rings. The molecule has 0 bridgehead atoms. The van der Waals surface area contributed by atoms with Crippen molar-refractivity contribution in [2.45, 2.75) is 18.9 Å². The fourth-order valence-corrected chi connectivity index (χ4v) is 3.09. The second-order valence-corrected chi connectivity index (χ2v) is 6.26. The van der Waals surface area contributed by atoms with E-state index in [1.807, 2.05) is 23.1 Å². The zero-order valence-electron chi connectivity index (χ0n) is 10.2. The van der Waals surface area contributed by atoms with Gasteiger partial charge in [-0.2, -0.15) is 0 Å². The maximum absolute atomic E-state index is 12.4. The molecule has 1 aromatic rings. The van der Waals surface area contributed by atoms with Gasteiger partial charge in [-0.3, -0.25) is 4.79 Å². The van der Waals surface area contributed by atoms with E-state index in [9.17, 15) is 4.79 Å². The predicted octanol–water partition coefficient (Wildman–Crippen LogP) is 3.30. The molecule has 0 unspecified atom stereocenters. The molecule has 1 aromatic carbocycles. The standard InChI is InChI=1S/C13H15BrINO2/c1-18-9-5-7-16(8-6-9)13(17)10-3-2-4-11(14)12(10)15/h2-4,9H,5-8H2,1H3. The van der Waals surface area contributed by atoms with Crippen LogP contribution in [0, 0.1) is 3.57 Å². The van der Waals surface area contributed by atoms with Crippen LogP contribution in [0.3, 0.4) is 0 Å². The lowest BCUT2D eigenvalue weighted by Crippen LogP contribution is -2.40. The van der Waals surface area contributed by atoms with E-state index >= 15 is 0 Å². The summed E-state index contributed by atoms with van der Waals surface area (Å²) in [7, 11) is 1.74. The number of hydrogen-bond acceptors (Lipinski definition) is 2. The fourth-order valence-electron chi connectivity index (χ4n) is 2.13. The van der Waals surface area contributed by atoms with Crippen LogP contribution < -0.4 is 0 Å². The van der Waals surface area contributed by atoms with E-state index in [1.165, 1.54) is 0 Å². The zero-order chi connectivity index (χ0) is 13.1. The molecule has 0 spiro atoms. The molecule has 0 aliphatic carbocycles. The summed E-state index contributed by atoms with van der Waals surface area (Å²) in [4.78, 5) is 14.3. The van der Waals surface area contributed by atoms with Crippen molar-refractivity contribution in [1.82, 2.24) is 4.90 Å². The van der Waals surface area contributed by atoms with E-state index in [1.54, 1.807) is 7.11 Å². The smallest absolute Gasteiger partial charge is 0.254 e. The second-order valence-electron chi connectivity index (χ2n) is 4.33. The van der Waals surface area contributed by atoms with Gasteiger partial charge in [0.05, 0.1) is 11.7 Å². The van der Waals surface area contributed by atoms with Crippen molar-refractivity contribution in [3.05, 3.63) is 31.8 Å². The molecule has 1 aliphatic heterocycles. The lowest BCUT2D eigenvalue weighted by molar-refractivity contribution is 0.0350. The van der Waals surface area contributed by atoms with Gasteiger partial charge < -0.3 is 9.64 Å². The highest BCUT2D eigenvalue weighted by Gasteiger charge is 2.24. The minimum atomic E-state index is 0.121. The van der Waals surface area contributed by atoms with E-state index in [-0.39, 0.29) is 5.91 Å². The monoisotopic (exact) mass is 423 g/mol. The summed E-state index contributed by atoms with van der Waals surface area (Å²) in [5.74, 6) is 0.121. The van der Waals surface area contributed by atoms with Gasteiger partial charge in [-0.25, -0.2) is 0 Å². The van der Waals surface area contributed by atoms with Crippen molar-refractivity contribution >= 4 is 44.4 Å². The number of hydrogen-bond donors (Lipinski definition) is 0. The van der Waals surface area contributed by atoms with Crippen LogP contribution in [0.25, 0.3) is 0 Å². The number of carbonyl (C=O) groups excluding carboxylic acids is 1. The quantitative estimate of drug-likeness (QED) is 0.683. The number of halogens is 2. The fraction of sp³-hybridized carbons (Fsp3) is 0.462. The summed E-state index contributed by atoms with van der Waals surface area (Å²) in [5.41, 5.74) is 0.779. The molecule has 0 N–H and O–H groups in total. The highest BCUT2D eigenvalue weighted by molar-refractivity contribution is 14.1. The largest absolute Gasteiger partial charge is 0.381 e. The summed E-state index contributed by atoms with van der Waals surface area (Å²) < 4.78 is 7.27. The first-order valence-electron chi connectivity index (χ1n) is 5.89. The van der Waals surface area contributed by atoms with Crippen molar-refractivity contribution in [3.63, 3.8) is 0 Å². The van der Waals surface area contributed by atoms with Gasteiger partial charge >= 0.3 is 0 Å². The highest BCUT2D eigenvalue weighted by Crippen LogP contribution is 2.25. The molecule has 0 atom stereocenters. The number of ether oxygens (including phenoxy) is 1. The van der Waals surface area contributed by atoms with Gasteiger partial charge in [0.15, 0.2) is 0 Å². The molecule has 2 rings (SSSR count). The van der Waals surface area contributed by atoms with Crippen molar-refractivity contribution in [1.29, 1.82) is 0 Å². The summed E-state index contributed by atoms with van der Waals surface area (Å²) in [6.45, 7) is 1.56. The molecular weight excluding hydrogens is 409 g/mol. The average molecular weight is 424 g/mol. The first-order valence-corrected chi connectivity index (χ1v) is 7.76. The topological polar surface area (TPSA) is 29.5 Å². The molecule has 0 saturated carbocycles. The first kappa shape index (κ1) is 14.3. The third kappa shape index (κ3) is 3.05. The lowest BCUT2D eigenvalue weighted by atomic mass is 10.1. The summed E-state index contributed by atoms with van der Waals surface area (Å²) in [6, 6.07) is 5.74. The van der Waals surface area contributed by atoms with Crippen LogP contribution in [0.2, 0.25) is 0 Å². The van der Waals surface area contributed by atoms with Gasteiger partial charge in [0, 0.05) is 28.2 Å². The Labute approximate surface area is 129 Å². The average Bonchev–Trinajstić information content (AvgIpc) is 2.41. The van der Waals surface area contributed by atoms with Crippen molar-refractivity contribution in [2.75, 3.05) is 20.2 Å². The molecule has 1 saturated heterocycles. The number of methoxy groups -OCH3 is 1. The zero-order valence-corrected chi connectivity index (χ0v) is 13.9. The molecule has 18 heavy (non-hydrogen) atoms. The van der Waals surface area contributed by atoms with Gasteiger partial charge in [-0.15, -0.1) is 0 Å². The van der Waals surface area contributed by atoms with Crippen molar-refractivity contribution in [2.24, 2.45) is 0 Å². The van der Waals surface area contributed by atoms with Crippen LogP contribution in [-0.4, -0.2) is 37.1 Å². The van der Waals surface area contributed by atoms with E-state index in [2.05, 4.69) is 38.5 Å². The maximum Gasteiger partial charge on any atom is 0.254 e. The normalized spacial score (nSPS) is 16.9. The SMILES string of the molecule is COC1CCN(C(=O)c2cccc(Br)c2I)CC1. The third-order valence-electron chi connectivity index (χ3n) is 3.24. The minimum Gasteiger partial charge on any atom is -0.381 e. The van der Waals surface area contributed by atoms with Crippen LogP contribution >= 0.6 is 38.5 Å². The Kier molecular flexibility index (Phi) is 5.03. The van der Waals surface area contributed by atoms with E-state index in [0.717, 1.165) is 39.5 Å². The van der Waals surface area contributed by atoms with E-state index < -0.39 is 0 Å². The van der Waals surface area contributed by atoms with Crippen LogP contribution in [0.15, 0.2) is 22.7 Å². The van der Waals surface area contributed by atoms with Gasteiger partial charge in [0.2, 0.25) is 0 Å². The third-order valence-corrected chi connectivity index (χ3v) is 5.81. The van der Waals surface area contributed by atoms with Gasteiger partial charge in [-0.05, 0) is 63.5 Å². The number of piperidine rings is 1. The molecule has 1 heterocycles. The van der Waals surface area contributed by atoms with Gasteiger partial charge in [0.25, 0.3) is 5.91 Å². The summed E-state index contributed by atoms with van der Waals surface area (Å²) in [6.07, 6.45) is 2.15. The Bertz CT molecular complexity index is 445. The molecule has 0 radical (unpaired) electrons. The van der Waals surface area contributed by atoms with Crippen molar-refractivity contribution in [3.8, 4) is 0 Å². The Balaban J connectivity index is 2.10. The van der Waals surface area contributed by atoms with Gasteiger partial charge in [0.1, 0.15) is 0 Å². The molecule has 3 nitrogen and oxygen atoms in total. The van der Waals surface area contributed by atoms with Crippen molar-refractivity contribution < 1.29 is 9.53 Å². The number of rotatable bonds is 2. The Morgan fingerprint density at radius 2 is 2.11 bits per heavy atom. The summed E-state index contributed by atoms with van der Waals surface area (Å²) in [5, 5.41) is 0. The predicted molar refractivity (Wildman–Crippen MR) is 82.8 cm³/mol. The molecule has 0 aromatic heterocycles. The van der Waals surface area contributed by atoms with Gasteiger partial charge in [-0.1, -0.05) is 6.07 Å². The summed E-state index contributed by atoms with van der Waals surface area (Å²) >= 11 is 5.67. The first-order chi connectivity index (χ1) is 8.63. The number of nitrogens with zero attached hydrogens (tertiary/aromatic N) is 1. The van der Waals surface area contributed by atoms with Crippen LogP contribution in [-0.2, 0) is 4.74 Å². The number of carbonyl (C=O) groups is 1. The van der Waals surface area contributed by atoms with E-state index in [4.69, 9.17) is 4.74 Å². The Morgan fingerprint density at radius 1 is 1.44 bits per heavy atom. The maximum atomic E-state index is 12.4. The number of amides is 1. The highest BCUT2D eigenvalue weighted by atomic mass is 127. The van der Waals surface area contributed by atoms with Crippen LogP contribution in [0.5, 0.6) is 0 Å². The number of likely N-dealkylation sites (tertiary alicyclic amines) is 1. The van der Waals surface area contributed by atoms with E-state index in [0.29, 0.717) is 6.10 Å². The van der Waals surface area contributed by atoms with Crippen LogP contribution in [0.4, 0.5) is 0 Å². The Hall–Kier alpha value is -0.140. The molecular formula is C13H15BrINO2. The molecule has 1 fully saturated rings. The molecule has 1 amide bonds. The second kappa shape index (κ2) is 6.34. The lowest BCUT2D eigenvalue weighted by Gasteiger charge is -2.31. The number of benzene rings is 1. The van der Waals surface area contributed by atoms with Crippen LogP contribution in [0.1, 0.15) is 23.2 Å². The molecule has 98 valence electrons. The Morgan fingerprint density at radius 3 is 2.72 bits per heavy atom. The minimum absolute atomic E-state index is 0.121.